The van der Waals surface area contributed by atoms with Crippen LogP contribution >= 0.6 is 11.6 Å². The van der Waals surface area contributed by atoms with Gasteiger partial charge in [-0.3, -0.25) is 0 Å². The highest BCUT2D eigenvalue weighted by atomic mass is 35.5. The number of rotatable bonds is 7. The zero-order chi connectivity index (χ0) is 24.0. The minimum Gasteiger partial charge on any atom is -0.406 e. The van der Waals surface area contributed by atoms with Crippen LogP contribution in [-0.4, -0.2) is 47.6 Å². The Morgan fingerprint density at radius 1 is 1.06 bits per heavy atom. The van der Waals surface area contributed by atoms with Crippen molar-refractivity contribution in [3.63, 3.8) is 0 Å². The Kier molecular flexibility index (Phi) is 7.38. The molecule has 0 radical (unpaired) electrons. The Balaban J connectivity index is 1.53. The first kappa shape index (κ1) is 23.6. The van der Waals surface area contributed by atoms with Gasteiger partial charge in [0.05, 0.1) is 19.8 Å². The summed E-state index contributed by atoms with van der Waals surface area (Å²) in [7, 11) is 0. The molecule has 34 heavy (non-hydrogen) atoms. The van der Waals surface area contributed by atoms with Crippen molar-refractivity contribution in [2.24, 2.45) is 10.2 Å². The van der Waals surface area contributed by atoms with Crippen molar-refractivity contribution < 1.29 is 22.6 Å². The lowest BCUT2D eigenvalue weighted by Gasteiger charge is -2.26. The Hall–Kier alpha value is -3.51. The van der Waals surface area contributed by atoms with E-state index in [1.165, 1.54) is 24.3 Å². The number of nitrogens with zero attached hydrogens (tertiary/aromatic N) is 6. The molecule has 0 spiro atoms. The molecule has 1 saturated heterocycles. The van der Waals surface area contributed by atoms with Crippen LogP contribution in [0.4, 0.5) is 36.7 Å². The van der Waals surface area contributed by atoms with Crippen LogP contribution < -0.4 is 15.0 Å². The van der Waals surface area contributed by atoms with E-state index in [0.717, 1.165) is 5.56 Å². The van der Waals surface area contributed by atoms with Gasteiger partial charge in [0.25, 0.3) is 5.95 Å². The lowest BCUT2D eigenvalue weighted by Crippen LogP contribution is -2.37. The summed E-state index contributed by atoms with van der Waals surface area (Å²) in [4.78, 5) is 15.0. The molecule has 4 rings (SSSR count). The summed E-state index contributed by atoms with van der Waals surface area (Å²) < 4.78 is 46.4. The first-order chi connectivity index (χ1) is 16.3. The second kappa shape index (κ2) is 10.6. The van der Waals surface area contributed by atoms with Crippen molar-refractivity contribution in [2.45, 2.75) is 12.9 Å². The molecule has 0 atom stereocenters. The van der Waals surface area contributed by atoms with Crippen LogP contribution in [0.2, 0.25) is 5.02 Å². The van der Waals surface area contributed by atoms with Gasteiger partial charge in [-0.05, 0) is 42.0 Å². The number of alkyl halides is 3. The second-order valence-electron chi connectivity index (χ2n) is 7.09. The summed E-state index contributed by atoms with van der Waals surface area (Å²) in [5.74, 6) is 0.295. The summed E-state index contributed by atoms with van der Waals surface area (Å²) in [5.41, 5.74) is 1.33. The normalized spacial score (nSPS) is 14.4. The third-order valence-electron chi connectivity index (χ3n) is 4.55. The Labute approximate surface area is 197 Å². The molecular weight excluding hydrogens is 475 g/mol. The van der Waals surface area contributed by atoms with E-state index in [1.807, 2.05) is 17.0 Å². The van der Waals surface area contributed by atoms with Crippen LogP contribution in [0.1, 0.15) is 5.56 Å². The van der Waals surface area contributed by atoms with E-state index in [-0.39, 0.29) is 24.2 Å². The number of halogens is 4. The fraction of sp³-hybridized carbons (Fsp3) is 0.286. The van der Waals surface area contributed by atoms with E-state index in [1.54, 1.807) is 12.1 Å². The van der Waals surface area contributed by atoms with Gasteiger partial charge in [0.1, 0.15) is 5.75 Å². The SMILES string of the molecule is FC(F)(F)Oc1ccc(Nc2nc(N=NCc3cccc(Cl)c3)nc(N3CCOCC3)n2)cc1. The van der Waals surface area contributed by atoms with Crippen LogP contribution in [-0.2, 0) is 11.3 Å². The molecule has 0 aliphatic carbocycles. The van der Waals surface area contributed by atoms with E-state index < -0.39 is 6.36 Å². The molecular formula is C21H19ClF3N7O2. The van der Waals surface area contributed by atoms with Crippen molar-refractivity contribution in [3.8, 4) is 5.75 Å². The molecule has 1 aliphatic rings. The molecule has 0 saturated carbocycles. The average Bonchev–Trinajstić information content (AvgIpc) is 2.80. The zero-order valence-electron chi connectivity index (χ0n) is 17.7. The van der Waals surface area contributed by atoms with Crippen LogP contribution in [0.15, 0.2) is 58.8 Å². The highest BCUT2D eigenvalue weighted by Crippen LogP contribution is 2.26. The quantitative estimate of drug-likeness (QED) is 0.447. The number of hydrogen-bond acceptors (Lipinski definition) is 9. The van der Waals surface area contributed by atoms with Gasteiger partial charge < -0.3 is 19.7 Å². The van der Waals surface area contributed by atoms with E-state index in [4.69, 9.17) is 16.3 Å². The van der Waals surface area contributed by atoms with Gasteiger partial charge in [0, 0.05) is 23.8 Å². The molecule has 3 aromatic rings. The van der Waals surface area contributed by atoms with E-state index >= 15 is 0 Å². The lowest BCUT2D eigenvalue weighted by atomic mass is 10.2. The number of benzene rings is 2. The molecule has 1 fully saturated rings. The van der Waals surface area contributed by atoms with Crippen molar-refractivity contribution in [2.75, 3.05) is 36.5 Å². The van der Waals surface area contributed by atoms with Crippen molar-refractivity contribution in [3.05, 3.63) is 59.1 Å². The monoisotopic (exact) mass is 493 g/mol. The van der Waals surface area contributed by atoms with E-state index in [0.29, 0.717) is 43.0 Å². The molecule has 2 heterocycles. The maximum atomic E-state index is 12.4. The molecule has 2 aromatic carbocycles. The lowest BCUT2D eigenvalue weighted by molar-refractivity contribution is -0.274. The number of azo groups is 1. The highest BCUT2D eigenvalue weighted by Gasteiger charge is 2.31. The van der Waals surface area contributed by atoms with Crippen molar-refractivity contribution in [1.82, 2.24) is 15.0 Å². The number of morpholine rings is 1. The number of aromatic nitrogens is 3. The Bertz CT molecular complexity index is 1140. The second-order valence-corrected chi connectivity index (χ2v) is 7.52. The van der Waals surface area contributed by atoms with E-state index in [2.05, 4.69) is 35.2 Å². The van der Waals surface area contributed by atoms with Gasteiger partial charge in [-0.15, -0.1) is 18.3 Å². The van der Waals surface area contributed by atoms with Gasteiger partial charge in [-0.25, -0.2) is 0 Å². The maximum Gasteiger partial charge on any atom is 0.573 e. The third-order valence-corrected chi connectivity index (χ3v) is 4.79. The standard InChI is InChI=1S/C21H19ClF3N7O2/c22-15-3-1-2-14(12-15)13-26-31-19-28-18(29-20(30-19)32-8-10-33-11-9-32)27-16-4-6-17(7-5-16)34-21(23,24)25/h1-7,12H,8-11,13H2,(H,27,28,29,30). The molecule has 1 aliphatic heterocycles. The predicted molar refractivity (Wildman–Crippen MR) is 119 cm³/mol. The molecule has 9 nitrogen and oxygen atoms in total. The molecule has 0 amide bonds. The fourth-order valence-electron chi connectivity index (χ4n) is 3.04. The van der Waals surface area contributed by atoms with Crippen molar-refractivity contribution in [1.29, 1.82) is 0 Å². The summed E-state index contributed by atoms with van der Waals surface area (Å²) in [6, 6.07) is 12.4. The minimum atomic E-state index is -4.76. The topological polar surface area (TPSA) is 97.1 Å². The molecule has 0 unspecified atom stereocenters. The summed E-state index contributed by atoms with van der Waals surface area (Å²) in [6.45, 7) is 2.52. The number of hydrogen-bond donors (Lipinski definition) is 1. The number of anilines is 3. The van der Waals surface area contributed by atoms with E-state index in [9.17, 15) is 13.2 Å². The molecule has 1 aromatic heterocycles. The summed E-state index contributed by atoms with van der Waals surface area (Å²) in [6.07, 6.45) is -4.76. The van der Waals surface area contributed by atoms with Gasteiger partial charge in [0.15, 0.2) is 0 Å². The average molecular weight is 494 g/mol. The Morgan fingerprint density at radius 3 is 2.53 bits per heavy atom. The Morgan fingerprint density at radius 2 is 1.82 bits per heavy atom. The predicted octanol–water partition coefficient (Wildman–Crippen LogP) is 5.29. The molecule has 1 N–H and O–H groups in total. The van der Waals surface area contributed by atoms with Gasteiger partial charge in [-0.2, -0.15) is 20.1 Å². The maximum absolute atomic E-state index is 12.4. The summed E-state index contributed by atoms with van der Waals surface area (Å²) >= 11 is 5.99. The van der Waals surface area contributed by atoms with Crippen LogP contribution in [0.3, 0.4) is 0 Å². The molecule has 13 heteroatoms. The smallest absolute Gasteiger partial charge is 0.406 e. The minimum absolute atomic E-state index is 0.0815. The zero-order valence-corrected chi connectivity index (χ0v) is 18.4. The van der Waals surface area contributed by atoms with Gasteiger partial charge >= 0.3 is 6.36 Å². The number of ether oxygens (including phenoxy) is 2. The van der Waals surface area contributed by atoms with Crippen LogP contribution in [0.25, 0.3) is 0 Å². The largest absolute Gasteiger partial charge is 0.573 e. The number of nitrogens with one attached hydrogen (secondary N) is 1. The fourth-order valence-corrected chi connectivity index (χ4v) is 3.26. The first-order valence-corrected chi connectivity index (χ1v) is 10.6. The molecule has 178 valence electrons. The third kappa shape index (κ3) is 6.99. The van der Waals surface area contributed by atoms with Gasteiger partial charge in [-0.1, -0.05) is 23.7 Å². The molecule has 0 bridgehead atoms. The van der Waals surface area contributed by atoms with Crippen LogP contribution in [0, 0.1) is 0 Å². The summed E-state index contributed by atoms with van der Waals surface area (Å²) in [5, 5.41) is 11.8. The first-order valence-electron chi connectivity index (χ1n) is 10.2. The van der Waals surface area contributed by atoms with Gasteiger partial charge in [0.2, 0.25) is 11.9 Å². The highest BCUT2D eigenvalue weighted by molar-refractivity contribution is 6.30. The van der Waals surface area contributed by atoms with Crippen LogP contribution in [0.5, 0.6) is 5.75 Å². The van der Waals surface area contributed by atoms with Crippen molar-refractivity contribution >= 4 is 35.1 Å².